The fraction of sp³-hybridized carbons (Fsp3) is 0.824. The second-order valence-electron chi connectivity index (χ2n) is 6.43. The highest BCUT2D eigenvalue weighted by Gasteiger charge is 2.39. The average Bonchev–Trinajstić information content (AvgIpc) is 2.40. The molecule has 0 heterocycles. The maximum Gasteiger partial charge on any atom is 0.133 e. The van der Waals surface area contributed by atoms with Gasteiger partial charge in [0.05, 0.1) is 6.10 Å². The molecule has 2 aliphatic rings. The van der Waals surface area contributed by atoms with Crippen LogP contribution in [0.15, 0.2) is 11.6 Å². The van der Waals surface area contributed by atoms with Gasteiger partial charge in [-0.25, -0.2) is 4.39 Å². The standard InChI is InChI=1S/C17H27FO2/c1-4-20-16-10-14(12(3)19)9-11(2)17(16)13-5-7-15(18)8-6-13/h5,11,14-17H,4,6-10H2,1-3H3/t11-,14+,15?,16+,17+/m0/s1. The maximum absolute atomic E-state index is 13.3. The van der Waals surface area contributed by atoms with Gasteiger partial charge < -0.3 is 4.74 Å². The third-order valence-corrected chi connectivity index (χ3v) is 4.95. The molecule has 0 amide bonds. The van der Waals surface area contributed by atoms with Crippen molar-refractivity contribution >= 4 is 5.78 Å². The van der Waals surface area contributed by atoms with Crippen molar-refractivity contribution in [2.45, 2.75) is 65.2 Å². The summed E-state index contributed by atoms with van der Waals surface area (Å²) in [6, 6.07) is 0. The lowest BCUT2D eigenvalue weighted by atomic mass is 9.67. The van der Waals surface area contributed by atoms with E-state index in [9.17, 15) is 9.18 Å². The molecule has 0 radical (unpaired) electrons. The number of carbonyl (C=O) groups excluding carboxylic acids is 1. The Morgan fingerprint density at radius 1 is 1.45 bits per heavy atom. The molecular weight excluding hydrogens is 255 g/mol. The van der Waals surface area contributed by atoms with Gasteiger partial charge in [-0.2, -0.15) is 0 Å². The molecule has 0 aromatic rings. The first kappa shape index (κ1) is 15.7. The van der Waals surface area contributed by atoms with Gasteiger partial charge in [-0.05, 0) is 51.9 Å². The van der Waals surface area contributed by atoms with Gasteiger partial charge >= 0.3 is 0 Å². The first-order valence-electron chi connectivity index (χ1n) is 7.98. The quantitative estimate of drug-likeness (QED) is 0.726. The summed E-state index contributed by atoms with van der Waals surface area (Å²) in [5, 5.41) is 0. The van der Waals surface area contributed by atoms with E-state index in [1.165, 1.54) is 5.57 Å². The van der Waals surface area contributed by atoms with Crippen LogP contribution in [0.1, 0.15) is 52.9 Å². The Kier molecular flexibility index (Phi) is 5.36. The highest BCUT2D eigenvalue weighted by Crippen LogP contribution is 2.42. The Labute approximate surface area is 121 Å². The van der Waals surface area contributed by atoms with Crippen LogP contribution in [0.5, 0.6) is 0 Å². The molecule has 0 spiro atoms. The van der Waals surface area contributed by atoms with E-state index in [-0.39, 0.29) is 17.8 Å². The second kappa shape index (κ2) is 6.84. The van der Waals surface area contributed by atoms with Crippen LogP contribution in [-0.2, 0) is 9.53 Å². The normalized spacial score (nSPS) is 38.4. The van der Waals surface area contributed by atoms with Crippen molar-refractivity contribution in [3.63, 3.8) is 0 Å². The molecule has 3 heteroatoms. The zero-order valence-electron chi connectivity index (χ0n) is 12.9. The van der Waals surface area contributed by atoms with Gasteiger partial charge in [0.2, 0.25) is 0 Å². The first-order valence-corrected chi connectivity index (χ1v) is 7.98. The predicted molar refractivity (Wildman–Crippen MR) is 78.3 cm³/mol. The summed E-state index contributed by atoms with van der Waals surface area (Å²) < 4.78 is 19.3. The van der Waals surface area contributed by atoms with Gasteiger partial charge in [0, 0.05) is 18.4 Å². The van der Waals surface area contributed by atoms with E-state index < -0.39 is 6.17 Å². The fourth-order valence-corrected chi connectivity index (χ4v) is 3.93. The lowest BCUT2D eigenvalue weighted by Gasteiger charge is -2.42. The minimum atomic E-state index is -0.673. The van der Waals surface area contributed by atoms with E-state index in [1.807, 2.05) is 6.92 Å². The highest BCUT2D eigenvalue weighted by atomic mass is 19.1. The Bertz CT molecular complexity index is 377. The number of Topliss-reactive ketones (excluding diaryl/α,β-unsaturated/α-hetero) is 1. The van der Waals surface area contributed by atoms with E-state index in [2.05, 4.69) is 13.0 Å². The van der Waals surface area contributed by atoms with Crippen molar-refractivity contribution in [1.82, 2.24) is 0 Å². The van der Waals surface area contributed by atoms with Gasteiger partial charge in [0.15, 0.2) is 0 Å². The van der Waals surface area contributed by atoms with Crippen LogP contribution in [-0.4, -0.2) is 24.7 Å². The number of hydrogen-bond acceptors (Lipinski definition) is 2. The summed E-state index contributed by atoms with van der Waals surface area (Å²) in [5.41, 5.74) is 1.37. The molecule has 2 aliphatic carbocycles. The molecule has 0 aromatic carbocycles. The maximum atomic E-state index is 13.3. The van der Waals surface area contributed by atoms with Crippen LogP contribution in [0.2, 0.25) is 0 Å². The van der Waals surface area contributed by atoms with Crippen LogP contribution < -0.4 is 0 Å². The Hall–Kier alpha value is -0.700. The summed E-state index contributed by atoms with van der Waals surface area (Å²) >= 11 is 0. The van der Waals surface area contributed by atoms with Gasteiger partial charge in [0.25, 0.3) is 0 Å². The van der Waals surface area contributed by atoms with E-state index in [0.29, 0.717) is 31.3 Å². The van der Waals surface area contributed by atoms with Crippen LogP contribution in [0.25, 0.3) is 0 Å². The first-order chi connectivity index (χ1) is 9.52. The van der Waals surface area contributed by atoms with Crippen molar-refractivity contribution in [2.75, 3.05) is 6.61 Å². The monoisotopic (exact) mass is 282 g/mol. The molecular formula is C17H27FO2. The van der Waals surface area contributed by atoms with Crippen LogP contribution in [0.4, 0.5) is 4.39 Å². The lowest BCUT2D eigenvalue weighted by molar-refractivity contribution is -0.126. The number of alkyl halides is 1. The topological polar surface area (TPSA) is 26.3 Å². The molecule has 0 aliphatic heterocycles. The zero-order chi connectivity index (χ0) is 14.7. The minimum absolute atomic E-state index is 0.125. The molecule has 2 rings (SSSR count). The van der Waals surface area contributed by atoms with Gasteiger partial charge in [-0.15, -0.1) is 0 Å². The molecule has 20 heavy (non-hydrogen) atoms. The number of halogens is 1. The third kappa shape index (κ3) is 3.49. The molecule has 2 nitrogen and oxygen atoms in total. The van der Waals surface area contributed by atoms with E-state index in [1.54, 1.807) is 6.92 Å². The predicted octanol–water partition coefficient (Wildman–Crippen LogP) is 4.09. The molecule has 114 valence electrons. The number of carbonyl (C=O) groups is 1. The third-order valence-electron chi connectivity index (χ3n) is 4.95. The van der Waals surface area contributed by atoms with Crippen molar-refractivity contribution in [3.8, 4) is 0 Å². The summed E-state index contributed by atoms with van der Waals surface area (Å²) in [6.07, 6.45) is 5.36. The molecule has 1 fully saturated rings. The van der Waals surface area contributed by atoms with E-state index in [4.69, 9.17) is 4.74 Å². The molecule has 0 saturated heterocycles. The van der Waals surface area contributed by atoms with Gasteiger partial charge in [0.1, 0.15) is 12.0 Å². The SMILES string of the molecule is CCO[C@@H]1C[C@H](C(C)=O)C[C@H](C)[C@@H]1C1=CCC(F)CC1. The van der Waals surface area contributed by atoms with Crippen molar-refractivity contribution in [3.05, 3.63) is 11.6 Å². The number of ether oxygens (including phenoxy) is 1. The number of ketones is 1. The van der Waals surface area contributed by atoms with Crippen molar-refractivity contribution < 1.29 is 13.9 Å². The molecule has 0 aromatic heterocycles. The largest absolute Gasteiger partial charge is 0.378 e. The van der Waals surface area contributed by atoms with Gasteiger partial charge in [-0.1, -0.05) is 18.6 Å². The van der Waals surface area contributed by atoms with Crippen LogP contribution in [0.3, 0.4) is 0 Å². The molecule has 1 saturated carbocycles. The highest BCUT2D eigenvalue weighted by molar-refractivity contribution is 5.78. The molecule has 0 bridgehead atoms. The van der Waals surface area contributed by atoms with Crippen molar-refractivity contribution in [1.29, 1.82) is 0 Å². The summed E-state index contributed by atoms with van der Waals surface area (Å²) in [6.45, 7) is 6.59. The molecule has 0 N–H and O–H groups in total. The summed E-state index contributed by atoms with van der Waals surface area (Å²) in [4.78, 5) is 11.7. The number of rotatable bonds is 4. The Morgan fingerprint density at radius 3 is 2.75 bits per heavy atom. The number of hydrogen-bond donors (Lipinski definition) is 0. The van der Waals surface area contributed by atoms with E-state index >= 15 is 0 Å². The number of allylic oxidation sites excluding steroid dienone is 1. The zero-order valence-corrected chi connectivity index (χ0v) is 12.9. The Morgan fingerprint density at radius 2 is 2.20 bits per heavy atom. The van der Waals surface area contributed by atoms with Gasteiger partial charge in [-0.3, -0.25) is 4.79 Å². The fourth-order valence-electron chi connectivity index (χ4n) is 3.93. The average molecular weight is 282 g/mol. The Balaban J connectivity index is 2.14. The summed E-state index contributed by atoms with van der Waals surface area (Å²) in [7, 11) is 0. The lowest BCUT2D eigenvalue weighted by Crippen LogP contribution is -2.40. The second-order valence-corrected chi connectivity index (χ2v) is 6.43. The van der Waals surface area contributed by atoms with Crippen LogP contribution >= 0.6 is 0 Å². The molecule has 1 unspecified atom stereocenters. The summed E-state index contributed by atoms with van der Waals surface area (Å²) in [5.74, 6) is 1.23. The van der Waals surface area contributed by atoms with Crippen molar-refractivity contribution in [2.24, 2.45) is 17.8 Å². The van der Waals surface area contributed by atoms with Crippen LogP contribution in [0, 0.1) is 17.8 Å². The minimum Gasteiger partial charge on any atom is -0.378 e. The smallest absolute Gasteiger partial charge is 0.133 e. The molecule has 5 atom stereocenters. The van der Waals surface area contributed by atoms with E-state index in [0.717, 1.165) is 19.3 Å².